The maximum atomic E-state index is 12.1. The summed E-state index contributed by atoms with van der Waals surface area (Å²) in [5.41, 5.74) is 1.15. The summed E-state index contributed by atoms with van der Waals surface area (Å²) in [5.74, 6) is -0.609. The molecule has 2 rings (SSSR count). The molecule has 1 saturated heterocycles. The van der Waals surface area contributed by atoms with Gasteiger partial charge in [0, 0.05) is 30.2 Å². The van der Waals surface area contributed by atoms with Gasteiger partial charge in [0.25, 0.3) is 0 Å². The van der Waals surface area contributed by atoms with Gasteiger partial charge < -0.3 is 10.1 Å². The number of methoxy groups -OCH3 is 1. The Hall–Kier alpha value is -1.28. The maximum Gasteiger partial charge on any atom is 0.325 e. The van der Waals surface area contributed by atoms with Gasteiger partial charge in [0.15, 0.2) is 0 Å². The van der Waals surface area contributed by atoms with Crippen molar-refractivity contribution < 1.29 is 14.3 Å². The number of piperidine rings is 1. The molecule has 1 aromatic carbocycles. The van der Waals surface area contributed by atoms with Crippen molar-refractivity contribution >= 4 is 35.4 Å². The maximum absolute atomic E-state index is 12.1. The fourth-order valence-electron chi connectivity index (χ4n) is 3.35. The Morgan fingerprint density at radius 3 is 2.48 bits per heavy atom. The fraction of sp³-hybridized carbons (Fsp3) is 0.619. The highest BCUT2D eigenvalue weighted by atomic mass is 35.5. The highest BCUT2D eigenvalue weighted by Crippen LogP contribution is 2.31. The van der Waals surface area contributed by atoms with Crippen LogP contribution in [-0.2, 0) is 14.3 Å². The zero-order valence-corrected chi connectivity index (χ0v) is 19.7. The molecule has 6 nitrogen and oxygen atoms in total. The van der Waals surface area contributed by atoms with Crippen molar-refractivity contribution in [3.05, 3.63) is 34.9 Å². The molecule has 1 aliphatic heterocycles. The van der Waals surface area contributed by atoms with Crippen LogP contribution in [0, 0.1) is 0 Å². The van der Waals surface area contributed by atoms with E-state index < -0.39 is 5.97 Å². The second-order valence-corrected chi connectivity index (χ2v) is 7.82. The molecule has 0 saturated carbocycles. The second kappa shape index (κ2) is 13.9. The fourth-order valence-corrected chi connectivity index (χ4v) is 4.40. The number of rotatable bonds is 8. The number of carbonyl (C=O) groups is 2. The summed E-state index contributed by atoms with van der Waals surface area (Å²) < 4.78 is 6.64. The smallest absolute Gasteiger partial charge is 0.325 e. The lowest BCUT2D eigenvalue weighted by Gasteiger charge is -2.39. The van der Waals surface area contributed by atoms with Crippen molar-refractivity contribution in [1.29, 1.82) is 0 Å². The number of ether oxygens (including phenoxy) is 1. The van der Waals surface area contributed by atoms with Crippen LogP contribution in [0.5, 0.6) is 0 Å². The van der Waals surface area contributed by atoms with Crippen molar-refractivity contribution in [2.75, 3.05) is 39.5 Å². The SMILES string of the molecule is CC.COC(=O)CNC(=O)CN(SC)C1CCN(C(C)c2ccccc2Cl)CC1. The van der Waals surface area contributed by atoms with Crippen molar-refractivity contribution in [1.82, 2.24) is 14.5 Å². The molecule has 29 heavy (non-hydrogen) atoms. The van der Waals surface area contributed by atoms with Crippen LogP contribution < -0.4 is 5.32 Å². The van der Waals surface area contributed by atoms with Crippen molar-refractivity contribution in [2.24, 2.45) is 0 Å². The number of halogens is 1. The first-order chi connectivity index (χ1) is 14.0. The molecule has 0 bridgehead atoms. The first kappa shape index (κ1) is 25.8. The molecule has 164 valence electrons. The van der Waals surface area contributed by atoms with E-state index in [0.717, 1.165) is 36.5 Å². The van der Waals surface area contributed by atoms with Crippen LogP contribution in [0.25, 0.3) is 0 Å². The van der Waals surface area contributed by atoms with E-state index in [1.807, 2.05) is 38.3 Å². The van der Waals surface area contributed by atoms with Gasteiger partial charge in [-0.2, -0.15) is 0 Å². The van der Waals surface area contributed by atoms with Gasteiger partial charge in [-0.1, -0.05) is 55.6 Å². The minimum atomic E-state index is -0.444. The Morgan fingerprint density at radius 2 is 1.93 bits per heavy atom. The Morgan fingerprint density at radius 1 is 1.31 bits per heavy atom. The summed E-state index contributed by atoms with van der Waals surface area (Å²) >= 11 is 7.91. The van der Waals surface area contributed by atoms with Crippen LogP contribution in [0.15, 0.2) is 24.3 Å². The molecule has 1 heterocycles. The van der Waals surface area contributed by atoms with Gasteiger partial charge in [0.2, 0.25) is 5.91 Å². The molecule has 1 N–H and O–H groups in total. The Kier molecular flexibility index (Phi) is 12.3. The summed E-state index contributed by atoms with van der Waals surface area (Å²) in [6.07, 6.45) is 3.95. The van der Waals surface area contributed by atoms with Crippen LogP contribution >= 0.6 is 23.5 Å². The molecule has 8 heteroatoms. The van der Waals surface area contributed by atoms with Crippen molar-refractivity contribution in [2.45, 2.75) is 45.7 Å². The van der Waals surface area contributed by atoms with Crippen LogP contribution in [0.4, 0.5) is 0 Å². The lowest BCUT2D eigenvalue weighted by atomic mass is 10.00. The van der Waals surface area contributed by atoms with E-state index in [0.29, 0.717) is 6.04 Å². The average molecular weight is 444 g/mol. The molecule has 0 radical (unpaired) electrons. The monoisotopic (exact) mass is 443 g/mol. The second-order valence-electron chi connectivity index (χ2n) is 6.58. The predicted molar refractivity (Wildman–Crippen MR) is 121 cm³/mol. The normalized spacial score (nSPS) is 16.0. The van der Waals surface area contributed by atoms with E-state index in [2.05, 4.69) is 32.2 Å². The number of esters is 1. The van der Waals surface area contributed by atoms with E-state index in [4.69, 9.17) is 11.6 Å². The topological polar surface area (TPSA) is 61.9 Å². The molecule has 0 spiro atoms. The minimum Gasteiger partial charge on any atom is -0.468 e. The van der Waals surface area contributed by atoms with Gasteiger partial charge in [-0.15, -0.1) is 0 Å². The van der Waals surface area contributed by atoms with Crippen LogP contribution in [0.1, 0.15) is 45.2 Å². The summed E-state index contributed by atoms with van der Waals surface area (Å²) in [5, 5.41) is 3.40. The van der Waals surface area contributed by atoms with Gasteiger partial charge in [0.1, 0.15) is 6.54 Å². The highest BCUT2D eigenvalue weighted by molar-refractivity contribution is 7.96. The van der Waals surface area contributed by atoms with Crippen molar-refractivity contribution in [3.63, 3.8) is 0 Å². The highest BCUT2D eigenvalue weighted by Gasteiger charge is 2.28. The molecule has 0 aromatic heterocycles. The van der Waals surface area contributed by atoms with Gasteiger partial charge in [-0.05, 0) is 37.7 Å². The molecule has 1 aliphatic rings. The summed E-state index contributed by atoms with van der Waals surface area (Å²) in [6, 6.07) is 8.59. The van der Waals surface area contributed by atoms with E-state index in [1.54, 1.807) is 11.9 Å². The van der Waals surface area contributed by atoms with Gasteiger partial charge in [-0.25, -0.2) is 4.31 Å². The molecular formula is C21H34ClN3O3S. The van der Waals surface area contributed by atoms with E-state index in [1.165, 1.54) is 7.11 Å². The first-order valence-electron chi connectivity index (χ1n) is 10.1. The Bertz CT molecular complexity index is 639. The number of hydrogen-bond donors (Lipinski definition) is 1. The van der Waals surface area contributed by atoms with E-state index in [-0.39, 0.29) is 25.0 Å². The third-order valence-corrected chi connectivity index (χ3v) is 6.24. The number of benzene rings is 1. The quantitative estimate of drug-likeness (QED) is 0.487. The summed E-state index contributed by atoms with van der Waals surface area (Å²) in [4.78, 5) is 25.7. The molecule has 1 fully saturated rings. The van der Waals surface area contributed by atoms with Gasteiger partial charge in [-0.3, -0.25) is 14.5 Å². The standard InChI is InChI=1S/C19H28ClN3O3S.C2H6/c1-14(16-6-4-5-7-17(16)20)22-10-8-15(9-11-22)23(27-3)13-18(24)21-12-19(25)26-2;1-2/h4-7,14-15H,8-13H2,1-3H3,(H,21,24);1-2H3. The van der Waals surface area contributed by atoms with E-state index in [9.17, 15) is 9.59 Å². The number of nitrogens with one attached hydrogen (secondary N) is 1. The molecule has 1 atom stereocenters. The van der Waals surface area contributed by atoms with Crippen LogP contribution in [0.3, 0.4) is 0 Å². The molecule has 1 aromatic rings. The number of nitrogens with zero attached hydrogens (tertiary/aromatic N) is 2. The van der Waals surface area contributed by atoms with Gasteiger partial charge in [0.05, 0.1) is 13.7 Å². The first-order valence-corrected chi connectivity index (χ1v) is 11.6. The summed E-state index contributed by atoms with van der Waals surface area (Å²) in [7, 11) is 1.31. The van der Waals surface area contributed by atoms with E-state index >= 15 is 0 Å². The molecule has 1 unspecified atom stereocenters. The van der Waals surface area contributed by atoms with Gasteiger partial charge >= 0.3 is 5.97 Å². The number of likely N-dealkylation sites (tertiary alicyclic amines) is 1. The average Bonchev–Trinajstić information content (AvgIpc) is 2.77. The minimum absolute atomic E-state index is 0.0919. The zero-order chi connectivity index (χ0) is 21.8. The molecule has 1 amide bonds. The number of hydrogen-bond acceptors (Lipinski definition) is 6. The number of carbonyl (C=O) groups excluding carboxylic acids is 2. The lowest BCUT2D eigenvalue weighted by Crippen LogP contribution is -2.46. The number of amides is 1. The van der Waals surface area contributed by atoms with Crippen LogP contribution in [-0.4, -0.2) is 66.7 Å². The summed E-state index contributed by atoms with van der Waals surface area (Å²) in [6.45, 7) is 8.28. The predicted octanol–water partition coefficient (Wildman–Crippen LogP) is 3.76. The largest absolute Gasteiger partial charge is 0.468 e. The zero-order valence-electron chi connectivity index (χ0n) is 18.1. The Labute approximate surface area is 184 Å². The van der Waals surface area contributed by atoms with Crippen molar-refractivity contribution in [3.8, 4) is 0 Å². The van der Waals surface area contributed by atoms with Crippen LogP contribution in [0.2, 0.25) is 5.02 Å². The third-order valence-electron chi connectivity index (χ3n) is 5.00. The molecule has 0 aliphatic carbocycles. The Balaban J connectivity index is 0.00000204. The molecular weight excluding hydrogens is 410 g/mol. The lowest BCUT2D eigenvalue weighted by molar-refractivity contribution is -0.141. The third kappa shape index (κ3) is 8.16.